The van der Waals surface area contributed by atoms with E-state index in [1.165, 1.54) is 35.5 Å². The van der Waals surface area contributed by atoms with Crippen LogP contribution in [0.25, 0.3) is 32.7 Å². The summed E-state index contributed by atoms with van der Waals surface area (Å²) in [5, 5.41) is 47.1. The monoisotopic (exact) mass is 942 g/mol. The molecule has 0 aliphatic heterocycles. The summed E-state index contributed by atoms with van der Waals surface area (Å²) in [6.07, 6.45) is 5.88. The number of halogens is 3. The summed E-state index contributed by atoms with van der Waals surface area (Å²) in [5.41, 5.74) is 23.6. The molecule has 20 heteroatoms. The van der Waals surface area contributed by atoms with E-state index in [-0.39, 0.29) is 43.1 Å². The highest BCUT2D eigenvalue weighted by Crippen LogP contribution is 2.25. The summed E-state index contributed by atoms with van der Waals surface area (Å²) >= 11 is 17.7. The Morgan fingerprint density at radius 3 is 1.70 bits per heavy atom. The van der Waals surface area contributed by atoms with Gasteiger partial charge >= 0.3 is 0 Å². The lowest BCUT2D eigenvalue weighted by Gasteiger charge is -2.11. The SMILES string of the molecule is Cc1cc(N)nc(C)c1CNC(=O)c1cn(Cc2cc(C(N)=O)c3ncc(Cl)cc3c2)nc1C#N.N#Cc1cc(CO)cc2cc(Cl)cnc12.NC(=O)c1cc(CO)cc2cc(Cl)cnc12. The first-order valence-electron chi connectivity index (χ1n) is 19.5. The number of nitrogen functional groups attached to an aromatic ring is 1. The van der Waals surface area contributed by atoms with Gasteiger partial charge in [-0.2, -0.15) is 15.6 Å². The second kappa shape index (κ2) is 20.8. The van der Waals surface area contributed by atoms with Gasteiger partial charge in [0.05, 0.1) is 73.6 Å². The van der Waals surface area contributed by atoms with Gasteiger partial charge in [-0.15, -0.1) is 0 Å². The summed E-state index contributed by atoms with van der Waals surface area (Å²) in [6, 6.07) is 20.9. The number of aromatic nitrogens is 6. The molecule has 0 aliphatic carbocycles. The Labute approximate surface area is 391 Å². The number of carbonyl (C=O) groups is 3. The summed E-state index contributed by atoms with van der Waals surface area (Å²) < 4.78 is 1.46. The van der Waals surface area contributed by atoms with Gasteiger partial charge in [-0.05, 0) is 102 Å². The van der Waals surface area contributed by atoms with Crippen LogP contribution in [0.4, 0.5) is 5.82 Å². The standard InChI is InChI=1S/C24H21ClN8O2.C11H9ClN2O2.C11H7ClN2O/c1-12-3-21(27)31-13(2)18(12)9-30-24(35)19-11-33(32-20(19)7-26)10-14-4-15-6-16(25)8-29-22(15)17(5-14)23(28)34;12-8-3-7-1-6(5-15)2-9(11(13)16)10(7)14-4-8;12-10-3-8-1-7(6-15)2-9(4-13)11(8)14-5-10/h3-6,8,11H,9-10H2,1-2H3,(H2,27,31)(H2,28,34)(H,30,35);1-4,15H,5H2,(H2,13,16);1-3,5,15H,6H2. The normalized spacial score (nSPS) is 10.6. The number of amides is 3. The molecule has 17 nitrogen and oxygen atoms in total. The minimum atomic E-state index is -0.632. The third kappa shape index (κ3) is 11.1. The molecule has 0 atom stereocenters. The van der Waals surface area contributed by atoms with E-state index < -0.39 is 17.7 Å². The van der Waals surface area contributed by atoms with Crippen molar-refractivity contribution in [2.45, 2.75) is 40.2 Å². The molecule has 0 unspecified atom stereocenters. The molecule has 5 heterocycles. The van der Waals surface area contributed by atoms with Crippen molar-refractivity contribution in [1.29, 1.82) is 10.5 Å². The van der Waals surface area contributed by atoms with E-state index in [0.717, 1.165) is 22.2 Å². The van der Waals surface area contributed by atoms with Crippen LogP contribution in [-0.4, -0.2) is 57.7 Å². The van der Waals surface area contributed by atoms with E-state index in [1.54, 1.807) is 54.6 Å². The molecule has 0 radical (unpaired) electrons. The number of nitrogens with one attached hydrogen (secondary N) is 1. The highest BCUT2D eigenvalue weighted by molar-refractivity contribution is 6.32. The van der Waals surface area contributed by atoms with Gasteiger partial charge in [0, 0.05) is 53.2 Å². The van der Waals surface area contributed by atoms with E-state index in [9.17, 15) is 19.6 Å². The number of anilines is 1. The number of pyridine rings is 4. The number of aryl methyl sites for hydroxylation is 2. The van der Waals surface area contributed by atoms with Crippen LogP contribution in [-0.2, 0) is 26.3 Å². The van der Waals surface area contributed by atoms with Crippen LogP contribution >= 0.6 is 34.8 Å². The van der Waals surface area contributed by atoms with Crippen molar-refractivity contribution >= 4 is 91.1 Å². The molecule has 0 fully saturated rings. The molecule has 3 aromatic carbocycles. The van der Waals surface area contributed by atoms with Gasteiger partial charge in [-0.3, -0.25) is 34.0 Å². The Kier molecular flexibility index (Phi) is 15.0. The zero-order valence-electron chi connectivity index (χ0n) is 35.0. The molecule has 5 aromatic heterocycles. The fourth-order valence-corrected chi connectivity index (χ4v) is 7.45. The predicted molar refractivity (Wildman–Crippen MR) is 249 cm³/mol. The first-order valence-corrected chi connectivity index (χ1v) is 20.6. The number of hydrogen-bond acceptors (Lipinski definition) is 13. The van der Waals surface area contributed by atoms with E-state index in [1.807, 2.05) is 26.0 Å². The Hall–Kier alpha value is -7.77. The second-order valence-electron chi connectivity index (χ2n) is 14.6. The summed E-state index contributed by atoms with van der Waals surface area (Å²) in [7, 11) is 0. The Balaban J connectivity index is 0.000000191. The van der Waals surface area contributed by atoms with Crippen LogP contribution in [0.2, 0.25) is 15.1 Å². The number of primary amides is 2. The number of rotatable bonds is 9. The lowest BCUT2D eigenvalue weighted by molar-refractivity contribution is 0.0948. The number of fused-ring (bicyclic) bond motifs is 3. The molecule has 0 spiro atoms. The Bertz CT molecular complexity index is 3290. The molecule has 3 amide bonds. The maximum absolute atomic E-state index is 12.9. The van der Waals surface area contributed by atoms with Crippen molar-refractivity contribution in [1.82, 2.24) is 35.0 Å². The molecule has 0 saturated carbocycles. The number of nitrogens with two attached hydrogens (primary N) is 3. The Morgan fingerprint density at radius 1 is 0.697 bits per heavy atom. The number of hydrogen-bond donors (Lipinski definition) is 6. The van der Waals surface area contributed by atoms with Gasteiger partial charge in [-0.1, -0.05) is 34.8 Å². The van der Waals surface area contributed by atoms with Crippen LogP contribution in [0.3, 0.4) is 0 Å². The molecule has 8 aromatic rings. The zero-order valence-corrected chi connectivity index (χ0v) is 37.2. The molecule has 9 N–H and O–H groups in total. The van der Waals surface area contributed by atoms with E-state index in [4.69, 9.17) is 67.5 Å². The minimum absolute atomic E-state index is 0.0213. The first-order chi connectivity index (χ1) is 31.5. The van der Waals surface area contributed by atoms with Gasteiger partial charge in [0.25, 0.3) is 17.7 Å². The number of carbonyl (C=O) groups excluding carboxylic acids is 3. The average molecular weight is 944 g/mol. The fourth-order valence-electron chi connectivity index (χ4n) is 6.95. The van der Waals surface area contributed by atoms with Crippen LogP contribution < -0.4 is 22.5 Å². The molecular formula is C46H37Cl3N12O5. The van der Waals surface area contributed by atoms with Gasteiger partial charge in [0.2, 0.25) is 0 Å². The van der Waals surface area contributed by atoms with Crippen molar-refractivity contribution in [3.8, 4) is 12.1 Å². The fraction of sp³-hybridized carbons (Fsp3) is 0.130. The van der Waals surface area contributed by atoms with Crippen LogP contribution in [0.1, 0.15) is 75.8 Å². The number of benzene rings is 3. The highest BCUT2D eigenvalue weighted by atomic mass is 35.5. The Morgan fingerprint density at radius 2 is 1.20 bits per heavy atom. The maximum atomic E-state index is 12.9. The minimum Gasteiger partial charge on any atom is -0.392 e. The zero-order chi connectivity index (χ0) is 47.8. The predicted octanol–water partition coefficient (Wildman–Crippen LogP) is 6.36. The summed E-state index contributed by atoms with van der Waals surface area (Å²) in [6.45, 7) is 3.85. The van der Waals surface area contributed by atoms with Gasteiger partial charge in [0.1, 0.15) is 18.0 Å². The smallest absolute Gasteiger partial charge is 0.256 e. The van der Waals surface area contributed by atoms with Crippen LogP contribution in [0.5, 0.6) is 0 Å². The van der Waals surface area contributed by atoms with Crippen molar-refractivity contribution in [2.24, 2.45) is 11.5 Å². The molecule has 0 saturated heterocycles. The van der Waals surface area contributed by atoms with Gasteiger partial charge < -0.3 is 32.7 Å². The number of aliphatic hydroxyl groups excluding tert-OH is 2. The van der Waals surface area contributed by atoms with E-state index in [0.29, 0.717) is 76.0 Å². The number of nitrogens with zero attached hydrogens (tertiary/aromatic N) is 8. The van der Waals surface area contributed by atoms with Crippen molar-refractivity contribution in [3.05, 3.63) is 162 Å². The van der Waals surface area contributed by atoms with E-state index >= 15 is 0 Å². The molecule has 66 heavy (non-hydrogen) atoms. The van der Waals surface area contributed by atoms with Crippen molar-refractivity contribution in [2.75, 3.05) is 5.73 Å². The van der Waals surface area contributed by atoms with Gasteiger partial charge in [-0.25, -0.2) is 4.98 Å². The molecule has 0 bridgehead atoms. The highest BCUT2D eigenvalue weighted by Gasteiger charge is 2.19. The number of nitriles is 2. The molecular weight excluding hydrogens is 907 g/mol. The summed E-state index contributed by atoms with van der Waals surface area (Å²) in [4.78, 5) is 52.7. The van der Waals surface area contributed by atoms with E-state index in [2.05, 4.69) is 30.4 Å². The largest absolute Gasteiger partial charge is 0.392 e. The van der Waals surface area contributed by atoms with Crippen molar-refractivity contribution in [3.63, 3.8) is 0 Å². The molecule has 0 aliphatic rings. The number of aliphatic hydroxyl groups is 2. The molecule has 332 valence electrons. The van der Waals surface area contributed by atoms with Crippen LogP contribution in [0, 0.1) is 36.5 Å². The summed E-state index contributed by atoms with van der Waals surface area (Å²) in [5.74, 6) is -1.24. The lowest BCUT2D eigenvalue weighted by Crippen LogP contribution is -2.24. The third-order valence-corrected chi connectivity index (χ3v) is 10.5. The topological polar surface area (TPSA) is 299 Å². The lowest BCUT2D eigenvalue weighted by atomic mass is 10.0. The average Bonchev–Trinajstić information content (AvgIpc) is 3.70. The van der Waals surface area contributed by atoms with Crippen molar-refractivity contribution < 1.29 is 24.6 Å². The first kappa shape index (κ1) is 47.7. The quantitative estimate of drug-likeness (QED) is 0.0919. The third-order valence-electron chi connectivity index (χ3n) is 9.90. The van der Waals surface area contributed by atoms with Gasteiger partial charge in [0.15, 0.2) is 5.69 Å². The maximum Gasteiger partial charge on any atom is 0.256 e. The molecule has 8 rings (SSSR count). The second-order valence-corrected chi connectivity index (χ2v) is 15.9. The van der Waals surface area contributed by atoms with Crippen LogP contribution in [0.15, 0.2) is 85.5 Å².